The summed E-state index contributed by atoms with van der Waals surface area (Å²) in [5, 5.41) is 0. The van der Waals surface area contributed by atoms with Crippen molar-refractivity contribution in [2.75, 3.05) is 13.2 Å². The monoisotopic (exact) mass is 388 g/mol. The molecule has 0 saturated carbocycles. The summed E-state index contributed by atoms with van der Waals surface area (Å²) in [7, 11) is -0.845. The minimum absolute atomic E-state index is 0.689. The number of hydrogen-bond acceptors (Lipinski definition) is 2. The van der Waals surface area contributed by atoms with Crippen LogP contribution in [0.4, 0.5) is 0 Å². The van der Waals surface area contributed by atoms with E-state index in [0.717, 1.165) is 6.16 Å². The van der Waals surface area contributed by atoms with E-state index in [9.17, 15) is 0 Å². The maximum absolute atomic E-state index is 5.73. The second-order valence-corrected chi connectivity index (χ2v) is 8.22. The molecule has 0 N–H and O–H groups in total. The molecule has 1 aliphatic rings. The van der Waals surface area contributed by atoms with Crippen LogP contribution < -0.4 is 0 Å². The predicted molar refractivity (Wildman–Crippen MR) is 119 cm³/mol. The molecule has 1 aliphatic carbocycles. The van der Waals surface area contributed by atoms with Crippen LogP contribution in [-0.4, -0.2) is 13.2 Å². The largest absolute Gasteiger partial charge is 0.334 e. The van der Waals surface area contributed by atoms with Crippen LogP contribution in [0.2, 0.25) is 0 Å². The molecule has 28 heavy (non-hydrogen) atoms. The summed E-state index contributed by atoms with van der Waals surface area (Å²) in [4.78, 5) is 0. The van der Waals surface area contributed by atoms with Gasteiger partial charge in [0.05, 0.1) is 13.2 Å². The number of benzene rings is 3. The predicted octanol–water partition coefficient (Wildman–Crippen LogP) is 7.14. The smallest absolute Gasteiger partial charge is 0.175 e. The molecule has 0 aromatic heterocycles. The maximum Gasteiger partial charge on any atom is 0.175 e. The lowest BCUT2D eigenvalue weighted by Gasteiger charge is -2.15. The molecule has 4 rings (SSSR count). The van der Waals surface area contributed by atoms with Gasteiger partial charge >= 0.3 is 0 Å². The quantitative estimate of drug-likeness (QED) is 0.313. The zero-order chi connectivity index (χ0) is 19.3. The van der Waals surface area contributed by atoms with E-state index in [-0.39, 0.29) is 0 Å². The van der Waals surface area contributed by atoms with Crippen molar-refractivity contribution in [3.05, 3.63) is 95.1 Å². The highest BCUT2D eigenvalue weighted by molar-refractivity contribution is 7.46. The fourth-order valence-corrected chi connectivity index (χ4v) is 5.00. The van der Waals surface area contributed by atoms with Gasteiger partial charge in [-0.05, 0) is 58.9 Å². The Morgan fingerprint density at radius 1 is 0.679 bits per heavy atom. The van der Waals surface area contributed by atoms with Gasteiger partial charge in [0.25, 0.3) is 0 Å². The first-order valence-electron chi connectivity index (χ1n) is 9.83. The Labute approximate surface area is 168 Å². The van der Waals surface area contributed by atoms with Gasteiger partial charge in [0.2, 0.25) is 0 Å². The summed E-state index contributed by atoms with van der Waals surface area (Å²) in [6.45, 7) is 5.41. The van der Waals surface area contributed by atoms with Crippen LogP contribution >= 0.6 is 8.38 Å². The molecule has 0 atom stereocenters. The third kappa shape index (κ3) is 3.95. The molecule has 142 valence electrons. The minimum atomic E-state index is -0.845. The van der Waals surface area contributed by atoms with E-state index >= 15 is 0 Å². The van der Waals surface area contributed by atoms with Gasteiger partial charge in [-0.2, -0.15) is 0 Å². The molecule has 3 heteroatoms. The Balaban J connectivity index is 1.61. The highest BCUT2D eigenvalue weighted by Crippen LogP contribution is 2.45. The normalized spacial score (nSPS) is 12.2. The van der Waals surface area contributed by atoms with Crippen LogP contribution in [0.5, 0.6) is 0 Å². The van der Waals surface area contributed by atoms with E-state index in [1.807, 2.05) is 13.8 Å². The fourth-order valence-electron chi connectivity index (χ4n) is 3.66. The Morgan fingerprint density at radius 3 is 1.68 bits per heavy atom. The van der Waals surface area contributed by atoms with Crippen molar-refractivity contribution in [1.82, 2.24) is 0 Å². The van der Waals surface area contributed by atoms with Crippen molar-refractivity contribution >= 4 is 20.0 Å². The van der Waals surface area contributed by atoms with Crippen LogP contribution in [0, 0.1) is 0 Å². The van der Waals surface area contributed by atoms with Gasteiger partial charge in [0.1, 0.15) is 0 Å². The van der Waals surface area contributed by atoms with E-state index in [0.29, 0.717) is 13.2 Å². The second kappa shape index (κ2) is 8.84. The molecule has 0 bridgehead atoms. The van der Waals surface area contributed by atoms with Crippen molar-refractivity contribution in [3.8, 4) is 11.1 Å². The first-order chi connectivity index (χ1) is 13.8. The first kappa shape index (κ1) is 19.1. The van der Waals surface area contributed by atoms with Crippen LogP contribution in [-0.2, 0) is 15.2 Å². The van der Waals surface area contributed by atoms with E-state index in [1.54, 1.807) is 0 Å². The van der Waals surface area contributed by atoms with Gasteiger partial charge < -0.3 is 9.05 Å². The average Bonchev–Trinajstić information content (AvgIpc) is 3.04. The summed E-state index contributed by atoms with van der Waals surface area (Å²) in [5.74, 6) is 0. The van der Waals surface area contributed by atoms with Gasteiger partial charge in [-0.25, -0.2) is 0 Å². The molecule has 0 heterocycles. The molecule has 0 radical (unpaired) electrons. The van der Waals surface area contributed by atoms with Crippen LogP contribution in [0.1, 0.15) is 36.1 Å². The summed E-state index contributed by atoms with van der Waals surface area (Å²) >= 11 is 0. The zero-order valence-corrected chi connectivity index (χ0v) is 17.3. The molecule has 0 unspecified atom stereocenters. The SMILES string of the molecule is CCOP(Cc1ccc(C=C2c3ccccc3-c3ccccc32)cc1)OCC. The van der Waals surface area contributed by atoms with Crippen LogP contribution in [0.3, 0.4) is 0 Å². The van der Waals surface area contributed by atoms with Gasteiger partial charge in [-0.3, -0.25) is 0 Å². The molecule has 2 nitrogen and oxygen atoms in total. The summed E-state index contributed by atoms with van der Waals surface area (Å²) in [5.41, 5.74) is 9.02. The Hall–Kier alpha value is -2.25. The van der Waals surface area contributed by atoms with Crippen molar-refractivity contribution < 1.29 is 9.05 Å². The highest BCUT2D eigenvalue weighted by atomic mass is 31.2. The van der Waals surface area contributed by atoms with Crippen molar-refractivity contribution in [2.45, 2.75) is 20.0 Å². The lowest BCUT2D eigenvalue weighted by Crippen LogP contribution is -1.94. The highest BCUT2D eigenvalue weighted by Gasteiger charge is 2.22. The standard InChI is InChI=1S/C25H25O2P/c1-3-26-28(27-4-2)18-20-15-13-19(14-16-20)17-25-23-11-7-5-9-21(23)22-10-6-8-12-24(22)25/h5-17H,3-4,18H2,1-2H3. The van der Waals surface area contributed by atoms with Gasteiger partial charge in [-0.1, -0.05) is 72.8 Å². The third-order valence-corrected chi connectivity index (χ3v) is 6.59. The number of fused-ring (bicyclic) bond motifs is 3. The molecule has 0 spiro atoms. The summed E-state index contributed by atoms with van der Waals surface area (Å²) < 4.78 is 11.5. The average molecular weight is 388 g/mol. The second-order valence-electron chi connectivity index (χ2n) is 6.72. The van der Waals surface area contributed by atoms with Crippen molar-refractivity contribution in [1.29, 1.82) is 0 Å². The Bertz CT molecular complexity index is 922. The number of rotatable bonds is 7. The summed E-state index contributed by atoms with van der Waals surface area (Å²) in [6, 6.07) is 26.1. The van der Waals surface area contributed by atoms with Crippen LogP contribution in [0.15, 0.2) is 72.8 Å². The van der Waals surface area contributed by atoms with E-state index in [2.05, 4.69) is 78.9 Å². The fraction of sp³-hybridized carbons (Fsp3) is 0.200. The molecule has 0 saturated heterocycles. The molecule has 0 amide bonds. The maximum atomic E-state index is 5.73. The zero-order valence-electron chi connectivity index (χ0n) is 16.4. The molecular formula is C25H25O2P. The van der Waals surface area contributed by atoms with E-state index < -0.39 is 8.38 Å². The van der Waals surface area contributed by atoms with Crippen LogP contribution in [0.25, 0.3) is 22.8 Å². The van der Waals surface area contributed by atoms with Crippen molar-refractivity contribution in [3.63, 3.8) is 0 Å². The topological polar surface area (TPSA) is 18.5 Å². The van der Waals surface area contributed by atoms with E-state index in [4.69, 9.17) is 9.05 Å². The number of hydrogen-bond donors (Lipinski definition) is 0. The minimum Gasteiger partial charge on any atom is -0.334 e. The Kier molecular flexibility index (Phi) is 6.02. The van der Waals surface area contributed by atoms with Gasteiger partial charge in [-0.15, -0.1) is 0 Å². The van der Waals surface area contributed by atoms with Gasteiger partial charge in [0, 0.05) is 6.16 Å². The van der Waals surface area contributed by atoms with Crippen molar-refractivity contribution in [2.24, 2.45) is 0 Å². The summed E-state index contributed by atoms with van der Waals surface area (Å²) in [6.07, 6.45) is 3.13. The van der Waals surface area contributed by atoms with E-state index in [1.165, 1.54) is 39.0 Å². The lowest BCUT2D eigenvalue weighted by molar-refractivity contribution is 0.268. The van der Waals surface area contributed by atoms with Gasteiger partial charge in [0.15, 0.2) is 8.38 Å². The third-order valence-electron chi connectivity index (χ3n) is 4.87. The lowest BCUT2D eigenvalue weighted by atomic mass is 10.0. The molecule has 3 aromatic carbocycles. The molecular weight excluding hydrogens is 363 g/mol. The molecule has 0 aliphatic heterocycles. The first-order valence-corrected chi connectivity index (χ1v) is 11.2. The Morgan fingerprint density at radius 2 is 1.18 bits per heavy atom. The molecule has 0 fully saturated rings. The molecule has 3 aromatic rings.